The number of rotatable bonds is 2. The zero-order chi connectivity index (χ0) is 10.7. The molecule has 0 aliphatic heterocycles. The van der Waals surface area contributed by atoms with E-state index < -0.39 is 18.0 Å². The Labute approximate surface area is 81.6 Å². The van der Waals surface area contributed by atoms with Crippen molar-refractivity contribution in [2.45, 2.75) is 19.1 Å². The second-order valence-corrected chi connectivity index (χ2v) is 3.11. The van der Waals surface area contributed by atoms with Crippen LogP contribution in [-0.4, -0.2) is 11.2 Å². The first-order chi connectivity index (χ1) is 6.56. The number of benzene rings is 1. The van der Waals surface area contributed by atoms with E-state index in [2.05, 4.69) is 0 Å². The van der Waals surface area contributed by atoms with E-state index in [0.29, 0.717) is 11.1 Å². The number of hydrogen-bond donors (Lipinski definition) is 2. The Morgan fingerprint density at radius 3 is 2.71 bits per heavy atom. The molecule has 3 nitrogen and oxygen atoms in total. The number of aliphatic hydroxyl groups excluding tert-OH is 1. The largest absolute Gasteiger partial charge is 0.391 e. The van der Waals surface area contributed by atoms with Gasteiger partial charge < -0.3 is 10.8 Å². The summed E-state index contributed by atoms with van der Waals surface area (Å²) < 4.78 is 12.9. The van der Waals surface area contributed by atoms with Crippen LogP contribution in [0.4, 0.5) is 4.39 Å². The van der Waals surface area contributed by atoms with Crippen LogP contribution >= 0.6 is 0 Å². The van der Waals surface area contributed by atoms with Gasteiger partial charge in [-0.05, 0) is 30.7 Å². The maximum atomic E-state index is 12.9. The van der Waals surface area contributed by atoms with Gasteiger partial charge in [0.2, 0.25) is 0 Å². The first kappa shape index (κ1) is 10.6. The Hall–Kier alpha value is -1.44. The molecule has 0 heterocycles. The molecule has 0 aromatic heterocycles. The molecule has 2 atom stereocenters. The van der Waals surface area contributed by atoms with Crippen LogP contribution in [0, 0.1) is 17.1 Å². The summed E-state index contributed by atoms with van der Waals surface area (Å²) in [5.41, 5.74) is 6.24. The zero-order valence-corrected chi connectivity index (χ0v) is 7.74. The van der Waals surface area contributed by atoms with Crippen molar-refractivity contribution in [1.82, 2.24) is 0 Å². The monoisotopic (exact) mass is 194 g/mol. The molecular weight excluding hydrogens is 183 g/mol. The average Bonchev–Trinajstić information content (AvgIpc) is 2.16. The van der Waals surface area contributed by atoms with Gasteiger partial charge >= 0.3 is 0 Å². The van der Waals surface area contributed by atoms with Crippen molar-refractivity contribution in [2.24, 2.45) is 5.73 Å². The summed E-state index contributed by atoms with van der Waals surface area (Å²) in [6.45, 7) is 1.50. The van der Waals surface area contributed by atoms with Gasteiger partial charge in [0.15, 0.2) is 0 Å². The summed E-state index contributed by atoms with van der Waals surface area (Å²) in [4.78, 5) is 0. The van der Waals surface area contributed by atoms with E-state index in [4.69, 9.17) is 11.0 Å². The second kappa shape index (κ2) is 4.18. The highest BCUT2D eigenvalue weighted by atomic mass is 19.1. The van der Waals surface area contributed by atoms with Gasteiger partial charge in [0.05, 0.1) is 23.8 Å². The van der Waals surface area contributed by atoms with Gasteiger partial charge in [-0.25, -0.2) is 4.39 Å². The third-order valence-corrected chi connectivity index (χ3v) is 2.01. The zero-order valence-electron chi connectivity index (χ0n) is 7.74. The summed E-state index contributed by atoms with van der Waals surface area (Å²) in [6.07, 6.45) is -0.816. The summed E-state index contributed by atoms with van der Waals surface area (Å²) >= 11 is 0. The third-order valence-electron chi connectivity index (χ3n) is 2.01. The van der Waals surface area contributed by atoms with Crippen LogP contribution < -0.4 is 5.73 Å². The quantitative estimate of drug-likeness (QED) is 0.740. The summed E-state index contributed by atoms with van der Waals surface area (Å²) in [5, 5.41) is 18.0. The molecule has 0 saturated carbocycles. The maximum Gasteiger partial charge on any atom is 0.123 e. The molecule has 2 unspecified atom stereocenters. The smallest absolute Gasteiger partial charge is 0.123 e. The van der Waals surface area contributed by atoms with Gasteiger partial charge in [0, 0.05) is 0 Å². The Morgan fingerprint density at radius 2 is 2.21 bits per heavy atom. The van der Waals surface area contributed by atoms with Crippen molar-refractivity contribution in [3.05, 3.63) is 35.1 Å². The maximum absolute atomic E-state index is 12.9. The fourth-order valence-electron chi connectivity index (χ4n) is 1.17. The molecule has 4 heteroatoms. The highest BCUT2D eigenvalue weighted by Crippen LogP contribution is 2.19. The Kier molecular flexibility index (Phi) is 3.18. The minimum atomic E-state index is -0.816. The van der Waals surface area contributed by atoms with Gasteiger partial charge in [0.1, 0.15) is 5.82 Å². The SMILES string of the molecule is CC(O)C(N)c1cc(F)ccc1C#N. The molecule has 1 aromatic carbocycles. The van der Waals surface area contributed by atoms with E-state index in [-0.39, 0.29) is 0 Å². The predicted octanol–water partition coefficient (Wildman–Crippen LogP) is 1.08. The fraction of sp³-hybridized carbons (Fsp3) is 0.300. The van der Waals surface area contributed by atoms with Crippen LogP contribution in [0.2, 0.25) is 0 Å². The van der Waals surface area contributed by atoms with E-state index in [1.807, 2.05) is 6.07 Å². The second-order valence-electron chi connectivity index (χ2n) is 3.11. The van der Waals surface area contributed by atoms with E-state index in [0.717, 1.165) is 0 Å². The Balaban J connectivity index is 3.18. The minimum absolute atomic E-state index is 0.291. The average molecular weight is 194 g/mol. The lowest BCUT2D eigenvalue weighted by atomic mass is 9.98. The fourth-order valence-corrected chi connectivity index (χ4v) is 1.17. The summed E-state index contributed by atoms with van der Waals surface area (Å²) in [5.74, 6) is -0.463. The van der Waals surface area contributed by atoms with Crippen molar-refractivity contribution in [3.63, 3.8) is 0 Å². The number of nitriles is 1. The molecule has 3 N–H and O–H groups in total. The van der Waals surface area contributed by atoms with Crippen molar-refractivity contribution < 1.29 is 9.50 Å². The lowest BCUT2D eigenvalue weighted by Gasteiger charge is -2.16. The molecule has 0 amide bonds. The molecule has 0 spiro atoms. The number of aliphatic hydroxyl groups is 1. The lowest BCUT2D eigenvalue weighted by Crippen LogP contribution is -2.24. The van der Waals surface area contributed by atoms with Gasteiger partial charge in [-0.3, -0.25) is 0 Å². The van der Waals surface area contributed by atoms with Crippen molar-refractivity contribution in [1.29, 1.82) is 5.26 Å². The van der Waals surface area contributed by atoms with Gasteiger partial charge in [-0.1, -0.05) is 0 Å². The van der Waals surface area contributed by atoms with Crippen molar-refractivity contribution in [2.75, 3.05) is 0 Å². The molecular formula is C10H11FN2O. The third kappa shape index (κ3) is 2.08. The van der Waals surface area contributed by atoms with Crippen LogP contribution in [0.5, 0.6) is 0 Å². The molecule has 0 bridgehead atoms. The number of nitrogens with two attached hydrogens (primary N) is 1. The van der Waals surface area contributed by atoms with Crippen LogP contribution in [0.15, 0.2) is 18.2 Å². The van der Waals surface area contributed by atoms with Gasteiger partial charge in [0.25, 0.3) is 0 Å². The van der Waals surface area contributed by atoms with E-state index in [1.165, 1.54) is 25.1 Å². The van der Waals surface area contributed by atoms with Crippen LogP contribution in [0.25, 0.3) is 0 Å². The molecule has 0 fully saturated rings. The molecule has 74 valence electrons. The molecule has 0 aliphatic rings. The molecule has 1 rings (SSSR count). The van der Waals surface area contributed by atoms with E-state index in [1.54, 1.807) is 0 Å². The number of halogens is 1. The predicted molar refractivity (Wildman–Crippen MR) is 49.7 cm³/mol. The van der Waals surface area contributed by atoms with Crippen LogP contribution in [0.3, 0.4) is 0 Å². The van der Waals surface area contributed by atoms with Crippen LogP contribution in [0.1, 0.15) is 24.1 Å². The van der Waals surface area contributed by atoms with Crippen molar-refractivity contribution in [3.8, 4) is 6.07 Å². The lowest BCUT2D eigenvalue weighted by molar-refractivity contribution is 0.164. The summed E-state index contributed by atoms with van der Waals surface area (Å²) in [7, 11) is 0. The highest BCUT2D eigenvalue weighted by Gasteiger charge is 2.16. The minimum Gasteiger partial charge on any atom is -0.391 e. The molecule has 14 heavy (non-hydrogen) atoms. The van der Waals surface area contributed by atoms with E-state index >= 15 is 0 Å². The highest BCUT2D eigenvalue weighted by molar-refractivity contribution is 5.40. The van der Waals surface area contributed by atoms with E-state index in [9.17, 15) is 9.50 Å². The Bertz CT molecular complexity index is 371. The van der Waals surface area contributed by atoms with Crippen LogP contribution in [-0.2, 0) is 0 Å². The topological polar surface area (TPSA) is 70.0 Å². The Morgan fingerprint density at radius 1 is 1.57 bits per heavy atom. The van der Waals surface area contributed by atoms with Gasteiger partial charge in [-0.2, -0.15) is 5.26 Å². The number of nitrogens with zero attached hydrogens (tertiary/aromatic N) is 1. The van der Waals surface area contributed by atoms with Gasteiger partial charge in [-0.15, -0.1) is 0 Å². The molecule has 0 aliphatic carbocycles. The van der Waals surface area contributed by atoms with Crippen molar-refractivity contribution >= 4 is 0 Å². The number of hydrogen-bond acceptors (Lipinski definition) is 3. The molecule has 0 radical (unpaired) electrons. The first-order valence-electron chi connectivity index (χ1n) is 4.19. The molecule has 0 saturated heterocycles. The standard InChI is InChI=1S/C10H11FN2O/c1-6(14)10(13)9-4-8(11)3-2-7(9)5-12/h2-4,6,10,14H,13H2,1H3. The normalized spacial score (nSPS) is 14.5. The molecule has 1 aromatic rings. The summed E-state index contributed by atoms with van der Waals surface area (Å²) in [6, 6.07) is 4.89. The first-order valence-corrected chi connectivity index (χ1v) is 4.19.